The van der Waals surface area contributed by atoms with Crippen LogP contribution in [0.1, 0.15) is 13.8 Å². The van der Waals surface area contributed by atoms with E-state index in [9.17, 15) is 9.59 Å². The average molecular weight is 191 g/mol. The molecular weight excluding hydrogens is 178 g/mol. The number of carbonyl (C=O) groups excluding carboxylic acids is 2. The summed E-state index contributed by atoms with van der Waals surface area (Å²) in [5, 5.41) is 0. The third kappa shape index (κ3) is 5.12. The van der Waals surface area contributed by atoms with E-state index >= 15 is 0 Å². The highest BCUT2D eigenvalue weighted by atomic mass is 16.7. The Kier molecular flexibility index (Phi) is 3.79. The van der Waals surface area contributed by atoms with Crippen molar-refractivity contribution < 1.29 is 19.1 Å². The Labute approximate surface area is 75.1 Å². The Bertz CT molecular complexity index is 210. The van der Waals surface area contributed by atoms with Crippen LogP contribution < -0.4 is 17.2 Å². The van der Waals surface area contributed by atoms with Gasteiger partial charge in [-0.1, -0.05) is 0 Å². The Hall–Kier alpha value is -1.18. The van der Waals surface area contributed by atoms with Gasteiger partial charge in [-0.25, -0.2) is 4.79 Å². The molecular formula is C6H13N3O4. The molecule has 7 nitrogen and oxygen atoms in total. The van der Waals surface area contributed by atoms with Crippen molar-refractivity contribution in [3.8, 4) is 0 Å². The fourth-order valence-corrected chi connectivity index (χ4v) is 0.420. The first-order valence-electron chi connectivity index (χ1n) is 3.45. The number of esters is 2. The fourth-order valence-electron chi connectivity index (χ4n) is 0.420. The molecule has 0 aromatic carbocycles. The first-order valence-corrected chi connectivity index (χ1v) is 3.45. The van der Waals surface area contributed by atoms with Crippen LogP contribution in [-0.4, -0.2) is 24.0 Å². The van der Waals surface area contributed by atoms with E-state index in [-0.39, 0.29) is 0 Å². The van der Waals surface area contributed by atoms with Gasteiger partial charge in [0.15, 0.2) is 5.66 Å². The van der Waals surface area contributed by atoms with E-state index in [0.29, 0.717) is 0 Å². The third-order valence-electron chi connectivity index (χ3n) is 0.945. The Morgan fingerprint density at radius 3 is 2.08 bits per heavy atom. The van der Waals surface area contributed by atoms with E-state index in [1.807, 2.05) is 0 Å². The highest BCUT2D eigenvalue weighted by Gasteiger charge is 2.27. The molecule has 0 bridgehead atoms. The predicted molar refractivity (Wildman–Crippen MR) is 42.6 cm³/mol. The molecule has 0 aliphatic carbocycles. The standard InChI is InChI=1S/C6H13N3O4/c1-3(10)12-5(7)13-4(11)6(2,8)9/h5H,7-9H2,1-2H3. The molecule has 0 radical (unpaired) electrons. The second-order valence-electron chi connectivity index (χ2n) is 2.67. The third-order valence-corrected chi connectivity index (χ3v) is 0.945. The van der Waals surface area contributed by atoms with Crippen molar-refractivity contribution in [3.05, 3.63) is 0 Å². The van der Waals surface area contributed by atoms with E-state index in [4.69, 9.17) is 17.2 Å². The van der Waals surface area contributed by atoms with Gasteiger partial charge in [-0.2, -0.15) is 0 Å². The molecule has 13 heavy (non-hydrogen) atoms. The summed E-state index contributed by atoms with van der Waals surface area (Å²) >= 11 is 0. The first kappa shape index (κ1) is 11.8. The van der Waals surface area contributed by atoms with E-state index < -0.39 is 24.0 Å². The fraction of sp³-hybridized carbons (Fsp3) is 0.667. The van der Waals surface area contributed by atoms with Gasteiger partial charge in [-0.15, -0.1) is 0 Å². The van der Waals surface area contributed by atoms with Gasteiger partial charge in [0.25, 0.3) is 0 Å². The van der Waals surface area contributed by atoms with Crippen molar-refractivity contribution in [3.63, 3.8) is 0 Å². The molecule has 0 fully saturated rings. The van der Waals surface area contributed by atoms with Crippen molar-refractivity contribution in [1.29, 1.82) is 0 Å². The molecule has 0 aromatic heterocycles. The summed E-state index contributed by atoms with van der Waals surface area (Å²) < 4.78 is 8.67. The van der Waals surface area contributed by atoms with Crippen molar-refractivity contribution in [2.24, 2.45) is 17.2 Å². The van der Waals surface area contributed by atoms with Gasteiger partial charge < -0.3 is 20.9 Å². The Balaban J connectivity index is 4.00. The highest BCUT2D eigenvalue weighted by molar-refractivity contribution is 5.79. The molecule has 0 rings (SSSR count). The van der Waals surface area contributed by atoms with Crippen LogP contribution in [0.25, 0.3) is 0 Å². The van der Waals surface area contributed by atoms with Crippen LogP contribution in [0.4, 0.5) is 0 Å². The number of hydrogen-bond acceptors (Lipinski definition) is 7. The number of carbonyl (C=O) groups is 2. The van der Waals surface area contributed by atoms with Crippen molar-refractivity contribution in [2.45, 2.75) is 25.9 Å². The maximum Gasteiger partial charge on any atom is 0.344 e. The van der Waals surface area contributed by atoms with Gasteiger partial charge in [0.05, 0.1) is 0 Å². The Morgan fingerprint density at radius 2 is 1.77 bits per heavy atom. The van der Waals surface area contributed by atoms with Crippen LogP contribution >= 0.6 is 0 Å². The normalized spacial score (nSPS) is 13.3. The quantitative estimate of drug-likeness (QED) is 0.346. The monoisotopic (exact) mass is 191 g/mol. The molecule has 6 N–H and O–H groups in total. The molecule has 0 aliphatic rings. The molecule has 0 saturated carbocycles. The van der Waals surface area contributed by atoms with Crippen molar-refractivity contribution in [1.82, 2.24) is 0 Å². The van der Waals surface area contributed by atoms with Gasteiger partial charge >= 0.3 is 18.4 Å². The molecule has 7 heteroatoms. The zero-order chi connectivity index (χ0) is 10.6. The van der Waals surface area contributed by atoms with Gasteiger partial charge in [-0.3, -0.25) is 10.5 Å². The van der Waals surface area contributed by atoms with E-state index in [1.165, 1.54) is 6.92 Å². The topological polar surface area (TPSA) is 131 Å². The SMILES string of the molecule is CC(=O)OC(N)OC(=O)C(C)(N)N. The van der Waals surface area contributed by atoms with Crippen molar-refractivity contribution >= 4 is 11.9 Å². The molecule has 0 aromatic rings. The predicted octanol–water partition coefficient (Wildman–Crippen LogP) is -2.03. The lowest BCUT2D eigenvalue weighted by Gasteiger charge is -2.19. The van der Waals surface area contributed by atoms with E-state index in [1.54, 1.807) is 0 Å². The summed E-state index contributed by atoms with van der Waals surface area (Å²) in [7, 11) is 0. The molecule has 0 spiro atoms. The smallest absolute Gasteiger partial charge is 0.344 e. The lowest BCUT2D eigenvalue weighted by molar-refractivity contribution is -0.188. The second-order valence-corrected chi connectivity index (χ2v) is 2.67. The summed E-state index contributed by atoms with van der Waals surface area (Å²) in [6, 6.07) is 0. The lowest BCUT2D eigenvalue weighted by atomic mass is 10.2. The van der Waals surface area contributed by atoms with Crippen LogP contribution in [-0.2, 0) is 19.1 Å². The minimum absolute atomic E-state index is 0.670. The average Bonchev–Trinajstić information content (AvgIpc) is 1.82. The summed E-state index contributed by atoms with van der Waals surface area (Å²) in [4.78, 5) is 21.2. The van der Waals surface area contributed by atoms with Gasteiger partial charge in [0.2, 0.25) is 0 Å². The summed E-state index contributed by atoms with van der Waals surface area (Å²) in [5.41, 5.74) is 13.8. The number of ether oxygens (including phenoxy) is 2. The number of nitrogens with two attached hydrogens (primary N) is 3. The maximum atomic E-state index is 10.9. The minimum Gasteiger partial charge on any atom is -0.411 e. The largest absolute Gasteiger partial charge is 0.411 e. The summed E-state index contributed by atoms with van der Waals surface area (Å²) in [5.74, 6) is -1.63. The van der Waals surface area contributed by atoms with Crippen LogP contribution in [0.5, 0.6) is 0 Å². The van der Waals surface area contributed by atoms with Crippen LogP contribution in [0, 0.1) is 0 Å². The molecule has 0 saturated heterocycles. The van der Waals surface area contributed by atoms with Gasteiger partial charge in [0, 0.05) is 6.92 Å². The molecule has 0 heterocycles. The molecule has 0 aliphatic heterocycles. The van der Waals surface area contributed by atoms with Crippen molar-refractivity contribution in [2.75, 3.05) is 0 Å². The van der Waals surface area contributed by atoms with E-state index in [0.717, 1.165) is 6.92 Å². The van der Waals surface area contributed by atoms with Crippen LogP contribution in [0.2, 0.25) is 0 Å². The second kappa shape index (κ2) is 4.17. The zero-order valence-electron chi connectivity index (χ0n) is 7.44. The molecule has 0 amide bonds. The van der Waals surface area contributed by atoms with Gasteiger partial charge in [-0.05, 0) is 6.92 Å². The lowest BCUT2D eigenvalue weighted by Crippen LogP contribution is -2.56. The first-order chi connectivity index (χ1) is 5.73. The van der Waals surface area contributed by atoms with Crippen LogP contribution in [0.3, 0.4) is 0 Å². The van der Waals surface area contributed by atoms with Crippen LogP contribution in [0.15, 0.2) is 0 Å². The zero-order valence-corrected chi connectivity index (χ0v) is 7.44. The van der Waals surface area contributed by atoms with Gasteiger partial charge in [0.1, 0.15) is 0 Å². The summed E-state index contributed by atoms with van der Waals surface area (Å²) in [6.07, 6.45) is -1.48. The Morgan fingerprint density at radius 1 is 1.31 bits per heavy atom. The summed E-state index contributed by atoms with van der Waals surface area (Å²) in [6.45, 7) is 2.35. The number of hydrogen-bond donors (Lipinski definition) is 3. The molecule has 76 valence electrons. The minimum atomic E-state index is -1.65. The molecule has 1 atom stereocenters. The maximum absolute atomic E-state index is 10.9. The molecule has 1 unspecified atom stereocenters. The van der Waals surface area contributed by atoms with E-state index in [2.05, 4.69) is 9.47 Å². The number of rotatable bonds is 3. The highest BCUT2D eigenvalue weighted by Crippen LogP contribution is 1.96.